The summed E-state index contributed by atoms with van der Waals surface area (Å²) in [5.74, 6) is -0.862. The fourth-order valence-electron chi connectivity index (χ4n) is 2.90. The first-order chi connectivity index (χ1) is 12.6. The van der Waals surface area contributed by atoms with Crippen molar-refractivity contribution in [2.24, 2.45) is 0 Å². The second kappa shape index (κ2) is 7.98. The van der Waals surface area contributed by atoms with E-state index in [0.29, 0.717) is 21.8 Å². The van der Waals surface area contributed by atoms with E-state index in [-0.39, 0.29) is 18.0 Å². The zero-order chi connectivity index (χ0) is 18.5. The third-order valence-electron chi connectivity index (χ3n) is 4.30. The van der Waals surface area contributed by atoms with E-state index in [1.165, 1.54) is 0 Å². The van der Waals surface area contributed by atoms with Crippen molar-refractivity contribution in [2.75, 3.05) is 5.73 Å². The molecular formula is C22H18ClNO2. The summed E-state index contributed by atoms with van der Waals surface area (Å²) < 4.78 is 0. The van der Waals surface area contributed by atoms with Crippen LogP contribution in [-0.4, -0.2) is 11.6 Å². The summed E-state index contributed by atoms with van der Waals surface area (Å²) >= 11 is 5.89. The van der Waals surface area contributed by atoms with Crippen LogP contribution in [0.1, 0.15) is 38.6 Å². The summed E-state index contributed by atoms with van der Waals surface area (Å²) in [6.07, 6.45) is 0.0683. The van der Waals surface area contributed by atoms with Crippen molar-refractivity contribution in [2.45, 2.75) is 12.3 Å². The summed E-state index contributed by atoms with van der Waals surface area (Å²) in [5, 5.41) is 0.564. The maximum atomic E-state index is 13.1. The Morgan fingerprint density at radius 2 is 1.46 bits per heavy atom. The van der Waals surface area contributed by atoms with Gasteiger partial charge < -0.3 is 5.73 Å². The Balaban J connectivity index is 1.94. The standard InChI is InChI=1S/C22H18ClNO2/c23-17-12-10-16(11-13-17)21(25)14-19(15-6-2-1-3-7-15)22(26)18-8-4-5-9-20(18)24/h1-13,19H,14,24H2. The number of hydrogen-bond donors (Lipinski definition) is 1. The third kappa shape index (κ3) is 4.01. The predicted octanol–water partition coefficient (Wildman–Crippen LogP) is 5.16. The van der Waals surface area contributed by atoms with Crippen LogP contribution in [0.3, 0.4) is 0 Å². The second-order valence-electron chi connectivity index (χ2n) is 6.05. The summed E-state index contributed by atoms with van der Waals surface area (Å²) in [6.45, 7) is 0. The molecule has 0 heterocycles. The molecule has 0 fully saturated rings. The molecule has 0 aromatic heterocycles. The van der Waals surface area contributed by atoms with Gasteiger partial charge in [-0.3, -0.25) is 9.59 Å². The van der Waals surface area contributed by atoms with E-state index in [1.807, 2.05) is 30.3 Å². The van der Waals surface area contributed by atoms with E-state index in [2.05, 4.69) is 0 Å². The van der Waals surface area contributed by atoms with Crippen molar-refractivity contribution in [3.63, 3.8) is 0 Å². The van der Waals surface area contributed by atoms with Gasteiger partial charge in [-0.25, -0.2) is 0 Å². The van der Waals surface area contributed by atoms with E-state index >= 15 is 0 Å². The molecule has 3 aromatic carbocycles. The zero-order valence-corrected chi connectivity index (χ0v) is 14.8. The van der Waals surface area contributed by atoms with Gasteiger partial charge in [0, 0.05) is 28.3 Å². The first-order valence-electron chi connectivity index (χ1n) is 8.28. The van der Waals surface area contributed by atoms with Crippen LogP contribution >= 0.6 is 11.6 Å². The maximum absolute atomic E-state index is 13.1. The van der Waals surface area contributed by atoms with Gasteiger partial charge in [-0.1, -0.05) is 54.1 Å². The summed E-state index contributed by atoms with van der Waals surface area (Å²) in [7, 11) is 0. The molecule has 4 heteroatoms. The number of nitrogens with two attached hydrogens (primary N) is 1. The SMILES string of the molecule is Nc1ccccc1C(=O)C(CC(=O)c1ccc(Cl)cc1)c1ccccc1. The zero-order valence-electron chi connectivity index (χ0n) is 14.1. The molecule has 1 unspecified atom stereocenters. The van der Waals surface area contributed by atoms with Crippen molar-refractivity contribution in [3.05, 3.63) is 101 Å². The molecule has 3 aromatic rings. The molecule has 1 atom stereocenters. The average molecular weight is 364 g/mol. The van der Waals surface area contributed by atoms with Gasteiger partial charge in [-0.15, -0.1) is 0 Å². The quantitative estimate of drug-likeness (QED) is 0.486. The molecule has 3 nitrogen and oxygen atoms in total. The van der Waals surface area contributed by atoms with Gasteiger partial charge in [-0.05, 0) is 42.0 Å². The van der Waals surface area contributed by atoms with Crippen molar-refractivity contribution >= 4 is 28.9 Å². The number of Topliss-reactive ketones (excluding diaryl/α,β-unsaturated/α-hetero) is 2. The number of nitrogen functional groups attached to an aromatic ring is 1. The van der Waals surface area contributed by atoms with Crippen LogP contribution in [0.15, 0.2) is 78.9 Å². The first kappa shape index (κ1) is 17.9. The number of ketones is 2. The van der Waals surface area contributed by atoms with Gasteiger partial charge in [0.25, 0.3) is 0 Å². The van der Waals surface area contributed by atoms with Crippen molar-refractivity contribution in [1.82, 2.24) is 0 Å². The topological polar surface area (TPSA) is 60.2 Å². The van der Waals surface area contributed by atoms with Gasteiger partial charge in [0.15, 0.2) is 11.6 Å². The number of anilines is 1. The number of benzene rings is 3. The Kier molecular flexibility index (Phi) is 5.49. The van der Waals surface area contributed by atoms with Crippen molar-refractivity contribution < 1.29 is 9.59 Å². The van der Waals surface area contributed by atoms with Gasteiger partial charge >= 0.3 is 0 Å². The number of para-hydroxylation sites is 1. The van der Waals surface area contributed by atoms with Gasteiger partial charge in [-0.2, -0.15) is 0 Å². The Morgan fingerprint density at radius 1 is 0.846 bits per heavy atom. The highest BCUT2D eigenvalue weighted by Crippen LogP contribution is 2.28. The molecule has 0 aliphatic heterocycles. The summed E-state index contributed by atoms with van der Waals surface area (Å²) in [5.41, 5.74) is 8.15. The monoisotopic (exact) mass is 363 g/mol. The molecule has 0 aliphatic carbocycles. The maximum Gasteiger partial charge on any atom is 0.172 e. The van der Waals surface area contributed by atoms with Crippen molar-refractivity contribution in [3.8, 4) is 0 Å². The molecule has 0 aliphatic rings. The molecule has 0 bridgehead atoms. The summed E-state index contributed by atoms with van der Waals surface area (Å²) in [6, 6.07) is 22.9. The lowest BCUT2D eigenvalue weighted by atomic mass is 9.85. The fourth-order valence-corrected chi connectivity index (χ4v) is 3.02. The van der Waals surface area contributed by atoms with Gasteiger partial charge in [0.1, 0.15) is 0 Å². The lowest BCUT2D eigenvalue weighted by Crippen LogP contribution is -2.18. The molecule has 130 valence electrons. The summed E-state index contributed by atoms with van der Waals surface area (Å²) in [4.78, 5) is 25.9. The van der Waals surface area contributed by atoms with E-state index in [9.17, 15) is 9.59 Å². The number of rotatable bonds is 6. The minimum Gasteiger partial charge on any atom is -0.398 e. The average Bonchev–Trinajstić information content (AvgIpc) is 2.67. The highest BCUT2D eigenvalue weighted by Gasteiger charge is 2.26. The van der Waals surface area contributed by atoms with E-state index in [1.54, 1.807) is 48.5 Å². The lowest BCUT2D eigenvalue weighted by molar-refractivity contribution is 0.0894. The Bertz CT molecular complexity index is 920. The molecule has 0 saturated heterocycles. The van der Waals surface area contributed by atoms with Gasteiger partial charge in [0.05, 0.1) is 5.92 Å². The second-order valence-corrected chi connectivity index (χ2v) is 6.49. The molecule has 0 amide bonds. The number of carbonyl (C=O) groups is 2. The molecule has 3 rings (SSSR count). The molecule has 0 radical (unpaired) electrons. The number of halogens is 1. The Hall–Kier alpha value is -2.91. The number of carbonyl (C=O) groups excluding carboxylic acids is 2. The Labute approximate surface area is 157 Å². The molecular weight excluding hydrogens is 346 g/mol. The molecule has 2 N–H and O–H groups in total. The predicted molar refractivity (Wildman–Crippen MR) is 105 cm³/mol. The largest absolute Gasteiger partial charge is 0.398 e. The molecule has 26 heavy (non-hydrogen) atoms. The van der Waals surface area contributed by atoms with Crippen LogP contribution in [0.25, 0.3) is 0 Å². The lowest BCUT2D eigenvalue weighted by Gasteiger charge is -2.17. The van der Waals surface area contributed by atoms with Gasteiger partial charge in [0.2, 0.25) is 0 Å². The van der Waals surface area contributed by atoms with E-state index < -0.39 is 5.92 Å². The first-order valence-corrected chi connectivity index (χ1v) is 8.66. The Morgan fingerprint density at radius 3 is 2.12 bits per heavy atom. The fraction of sp³-hybridized carbons (Fsp3) is 0.0909. The highest BCUT2D eigenvalue weighted by molar-refractivity contribution is 6.30. The smallest absolute Gasteiger partial charge is 0.172 e. The minimum absolute atomic E-state index is 0.0683. The normalized spacial score (nSPS) is 11.7. The van der Waals surface area contributed by atoms with E-state index in [0.717, 1.165) is 5.56 Å². The highest BCUT2D eigenvalue weighted by atomic mass is 35.5. The minimum atomic E-state index is -0.593. The van der Waals surface area contributed by atoms with Crippen LogP contribution in [-0.2, 0) is 0 Å². The van der Waals surface area contributed by atoms with Crippen LogP contribution in [0.4, 0.5) is 5.69 Å². The third-order valence-corrected chi connectivity index (χ3v) is 4.55. The number of hydrogen-bond acceptors (Lipinski definition) is 3. The van der Waals surface area contributed by atoms with Crippen molar-refractivity contribution in [1.29, 1.82) is 0 Å². The van der Waals surface area contributed by atoms with E-state index in [4.69, 9.17) is 17.3 Å². The van der Waals surface area contributed by atoms with Crippen LogP contribution in [0.2, 0.25) is 5.02 Å². The molecule has 0 saturated carbocycles. The van der Waals surface area contributed by atoms with Crippen LogP contribution in [0, 0.1) is 0 Å². The molecule has 0 spiro atoms. The van der Waals surface area contributed by atoms with Crippen LogP contribution in [0.5, 0.6) is 0 Å². The van der Waals surface area contributed by atoms with Crippen LogP contribution < -0.4 is 5.73 Å².